The number of carboxylic acid groups (broad SMARTS) is 1. The average molecular weight is 545 g/mol. The van der Waals surface area contributed by atoms with Gasteiger partial charge in [-0.3, -0.25) is 4.79 Å². The molecule has 0 unspecified atom stereocenters. The molecular formula is C28H24N4O6S. The van der Waals surface area contributed by atoms with Gasteiger partial charge in [0.1, 0.15) is 23.1 Å². The van der Waals surface area contributed by atoms with Gasteiger partial charge in [-0.25, -0.2) is 9.78 Å². The third kappa shape index (κ3) is 5.52. The van der Waals surface area contributed by atoms with E-state index in [0.717, 1.165) is 35.7 Å². The number of thiophene rings is 1. The third-order valence-corrected chi connectivity index (χ3v) is 7.37. The number of pyridine rings is 1. The number of ether oxygens (including phenoxy) is 2. The van der Waals surface area contributed by atoms with Gasteiger partial charge in [-0.1, -0.05) is 17.3 Å². The van der Waals surface area contributed by atoms with Crippen molar-refractivity contribution in [1.82, 2.24) is 10.1 Å². The van der Waals surface area contributed by atoms with Crippen LogP contribution in [-0.4, -0.2) is 53.3 Å². The summed E-state index contributed by atoms with van der Waals surface area (Å²) < 4.78 is 16.9. The number of anilines is 1. The molecule has 3 aromatic heterocycles. The highest BCUT2D eigenvalue weighted by Gasteiger charge is 2.22. The van der Waals surface area contributed by atoms with Crippen molar-refractivity contribution in [3.05, 3.63) is 69.0 Å². The third-order valence-electron chi connectivity index (χ3n) is 6.27. The number of nitrogens with zero attached hydrogens (tertiary/aromatic N) is 4. The fourth-order valence-electron chi connectivity index (χ4n) is 4.30. The summed E-state index contributed by atoms with van der Waals surface area (Å²) >= 11 is 0.950. The number of aromatic carboxylic acids is 1. The first-order valence-corrected chi connectivity index (χ1v) is 13.0. The Morgan fingerprint density at radius 3 is 2.54 bits per heavy atom. The zero-order valence-electron chi connectivity index (χ0n) is 21.3. The summed E-state index contributed by atoms with van der Waals surface area (Å²) in [6.45, 7) is 6.01. The molecule has 198 valence electrons. The topological polar surface area (TPSA) is 139 Å². The van der Waals surface area contributed by atoms with E-state index in [-0.39, 0.29) is 34.3 Å². The Balaban J connectivity index is 1.54. The lowest BCUT2D eigenvalue weighted by atomic mass is 10.0. The van der Waals surface area contributed by atoms with Crippen molar-refractivity contribution in [3.8, 4) is 34.5 Å². The number of morpholine rings is 1. The maximum Gasteiger partial charge on any atom is 0.345 e. The number of rotatable bonds is 8. The van der Waals surface area contributed by atoms with E-state index in [9.17, 15) is 20.0 Å². The Morgan fingerprint density at radius 2 is 1.92 bits per heavy atom. The molecule has 0 amide bonds. The highest BCUT2D eigenvalue weighted by atomic mass is 32.1. The molecule has 0 saturated carbocycles. The van der Waals surface area contributed by atoms with Crippen molar-refractivity contribution >= 4 is 28.8 Å². The summed E-state index contributed by atoms with van der Waals surface area (Å²) in [7, 11) is 0. The quantitative estimate of drug-likeness (QED) is 0.303. The normalized spacial score (nSPS) is 13.2. The van der Waals surface area contributed by atoms with Crippen molar-refractivity contribution in [2.75, 3.05) is 31.2 Å². The van der Waals surface area contributed by atoms with Crippen LogP contribution in [0.5, 0.6) is 5.88 Å². The van der Waals surface area contributed by atoms with E-state index in [1.165, 1.54) is 13.0 Å². The molecule has 0 bridgehead atoms. The molecule has 1 N–H and O–H groups in total. The number of hydrogen-bond acceptors (Lipinski definition) is 10. The number of benzene rings is 1. The minimum Gasteiger partial charge on any atom is -0.477 e. The first-order chi connectivity index (χ1) is 18.8. The van der Waals surface area contributed by atoms with E-state index in [2.05, 4.69) is 21.1 Å². The molecule has 0 radical (unpaired) electrons. The minimum atomic E-state index is -1.13. The molecule has 1 aliphatic rings. The van der Waals surface area contributed by atoms with Gasteiger partial charge in [0.2, 0.25) is 5.88 Å². The molecular weight excluding hydrogens is 520 g/mol. The Labute approximate surface area is 228 Å². The molecule has 39 heavy (non-hydrogen) atoms. The summed E-state index contributed by atoms with van der Waals surface area (Å²) in [5.74, 6) is -0.986. The molecule has 0 spiro atoms. The Kier molecular flexibility index (Phi) is 7.40. The number of nitriles is 1. The largest absolute Gasteiger partial charge is 0.477 e. The van der Waals surface area contributed by atoms with Crippen LogP contribution in [0.25, 0.3) is 22.6 Å². The number of carboxylic acids is 1. The van der Waals surface area contributed by atoms with Crippen LogP contribution in [0.2, 0.25) is 0 Å². The average Bonchev–Trinajstić information content (AvgIpc) is 3.59. The fourth-order valence-corrected chi connectivity index (χ4v) is 5.26. The van der Waals surface area contributed by atoms with Gasteiger partial charge >= 0.3 is 5.97 Å². The number of hydrogen-bond donors (Lipinski definition) is 1. The Bertz CT molecular complexity index is 1580. The van der Waals surface area contributed by atoms with Gasteiger partial charge in [0.05, 0.1) is 29.5 Å². The van der Waals surface area contributed by atoms with Crippen LogP contribution in [0.3, 0.4) is 0 Å². The molecule has 10 nitrogen and oxygen atoms in total. The van der Waals surface area contributed by atoms with E-state index in [4.69, 9.17) is 14.0 Å². The standard InChI is InChI=1S/C28H24N4O6S/c1-16-11-24(38-31-16)21-12-23(18-3-5-19(6-4-18)32-7-9-36-10-8-32)30-27(22(21)14-29)37-15-26-20(17(2)33)13-25(39-26)28(34)35/h3-6,11-13H,7-10,15H2,1-2H3,(H,34,35). The molecule has 1 fully saturated rings. The maximum atomic E-state index is 12.1. The predicted molar refractivity (Wildman–Crippen MR) is 143 cm³/mol. The van der Waals surface area contributed by atoms with Crippen molar-refractivity contribution < 1.29 is 28.7 Å². The number of Topliss-reactive ketones (excluding diaryl/α,β-unsaturated/α-hetero) is 1. The van der Waals surface area contributed by atoms with E-state index in [0.29, 0.717) is 40.8 Å². The molecule has 4 aromatic rings. The van der Waals surface area contributed by atoms with Crippen LogP contribution in [0.4, 0.5) is 5.69 Å². The summed E-state index contributed by atoms with van der Waals surface area (Å²) in [4.78, 5) is 30.9. The molecule has 4 heterocycles. The minimum absolute atomic E-state index is 0.0270. The highest BCUT2D eigenvalue weighted by molar-refractivity contribution is 7.14. The highest BCUT2D eigenvalue weighted by Crippen LogP contribution is 2.35. The molecule has 0 aliphatic carbocycles. The first kappa shape index (κ1) is 26.1. The second-order valence-electron chi connectivity index (χ2n) is 8.92. The van der Waals surface area contributed by atoms with Gasteiger partial charge in [0.15, 0.2) is 11.5 Å². The number of ketones is 1. The van der Waals surface area contributed by atoms with Gasteiger partial charge < -0.3 is 24.0 Å². The van der Waals surface area contributed by atoms with Crippen LogP contribution in [0, 0.1) is 18.3 Å². The molecule has 1 aliphatic heterocycles. The van der Waals surface area contributed by atoms with Crippen molar-refractivity contribution in [2.45, 2.75) is 20.5 Å². The van der Waals surface area contributed by atoms with Gasteiger partial charge in [0.25, 0.3) is 0 Å². The summed E-state index contributed by atoms with van der Waals surface area (Å²) in [6.07, 6.45) is 0. The van der Waals surface area contributed by atoms with Crippen molar-refractivity contribution in [3.63, 3.8) is 0 Å². The molecule has 1 saturated heterocycles. The van der Waals surface area contributed by atoms with Crippen LogP contribution < -0.4 is 9.64 Å². The second kappa shape index (κ2) is 11.1. The summed E-state index contributed by atoms with van der Waals surface area (Å²) in [5, 5.41) is 23.4. The van der Waals surface area contributed by atoms with Gasteiger partial charge in [-0.15, -0.1) is 11.3 Å². The Hall–Kier alpha value is -4.53. The van der Waals surface area contributed by atoms with Crippen LogP contribution in [0.1, 0.15) is 43.1 Å². The fraction of sp³-hybridized carbons (Fsp3) is 0.250. The van der Waals surface area contributed by atoms with Crippen LogP contribution in [0.15, 0.2) is 47.0 Å². The second-order valence-corrected chi connectivity index (χ2v) is 10.1. The van der Waals surface area contributed by atoms with Crippen LogP contribution >= 0.6 is 11.3 Å². The smallest absolute Gasteiger partial charge is 0.345 e. The van der Waals surface area contributed by atoms with E-state index in [1.54, 1.807) is 19.1 Å². The van der Waals surface area contributed by atoms with E-state index < -0.39 is 5.97 Å². The molecule has 0 atom stereocenters. The Morgan fingerprint density at radius 1 is 1.18 bits per heavy atom. The van der Waals surface area contributed by atoms with Crippen LogP contribution in [-0.2, 0) is 11.3 Å². The SMILES string of the molecule is CC(=O)c1cc(C(=O)O)sc1COc1nc(-c2ccc(N3CCOCC3)cc2)cc(-c2cc(C)no2)c1C#N. The number of carbonyl (C=O) groups is 2. The zero-order chi connectivity index (χ0) is 27.5. The van der Waals surface area contributed by atoms with Crippen molar-refractivity contribution in [1.29, 1.82) is 5.26 Å². The lowest BCUT2D eigenvalue weighted by Gasteiger charge is -2.28. The van der Waals surface area contributed by atoms with E-state index in [1.807, 2.05) is 24.3 Å². The summed E-state index contributed by atoms with van der Waals surface area (Å²) in [6, 6.07) is 14.9. The monoisotopic (exact) mass is 544 g/mol. The van der Waals surface area contributed by atoms with Gasteiger partial charge in [0, 0.05) is 41.5 Å². The number of carbonyl (C=O) groups excluding carboxylic acids is 1. The van der Waals surface area contributed by atoms with Crippen molar-refractivity contribution in [2.24, 2.45) is 0 Å². The maximum absolute atomic E-state index is 12.1. The van der Waals surface area contributed by atoms with Gasteiger partial charge in [-0.2, -0.15) is 5.26 Å². The number of aryl methyl sites for hydroxylation is 1. The zero-order valence-corrected chi connectivity index (χ0v) is 22.1. The lowest BCUT2D eigenvalue weighted by Crippen LogP contribution is -2.36. The molecule has 11 heteroatoms. The van der Waals surface area contributed by atoms with E-state index >= 15 is 0 Å². The first-order valence-electron chi connectivity index (χ1n) is 12.2. The van der Waals surface area contributed by atoms with Gasteiger partial charge in [-0.05, 0) is 38.1 Å². The molecule has 1 aromatic carbocycles. The number of aromatic nitrogens is 2. The predicted octanol–water partition coefficient (Wildman–Crippen LogP) is 4.96. The lowest BCUT2D eigenvalue weighted by molar-refractivity contribution is 0.0702. The molecule has 5 rings (SSSR count). The summed E-state index contributed by atoms with van der Waals surface area (Å²) in [5.41, 5.74) is 3.92.